The van der Waals surface area contributed by atoms with Crippen molar-refractivity contribution in [3.8, 4) is 0 Å². The lowest BCUT2D eigenvalue weighted by molar-refractivity contribution is -0.126. The molecule has 3 rings (SSSR count). The number of hydrogen-bond donors (Lipinski definition) is 1. The molecule has 1 aliphatic heterocycles. The van der Waals surface area contributed by atoms with Crippen molar-refractivity contribution in [2.24, 2.45) is 0 Å². The number of rotatable bonds is 4. The summed E-state index contributed by atoms with van der Waals surface area (Å²) in [6.45, 7) is 5.15. The summed E-state index contributed by atoms with van der Waals surface area (Å²) in [4.78, 5) is 27.0. The number of furan rings is 1. The Balaban J connectivity index is 1.87. The number of piperidine rings is 1. The largest absolute Gasteiger partial charge is 0.467 e. The average molecular weight is 343 g/mol. The molecule has 134 valence electrons. The summed E-state index contributed by atoms with van der Waals surface area (Å²) in [5.41, 5.74) is 2.57. The second-order valence-electron chi connectivity index (χ2n) is 6.57. The van der Waals surface area contributed by atoms with Crippen LogP contribution < -0.4 is 5.32 Å². The summed E-state index contributed by atoms with van der Waals surface area (Å²) in [6.07, 6.45) is 4.28. The molecule has 1 atom stereocenters. The Kier molecular flexibility index (Phi) is 4.97. The number of likely N-dealkylation sites (tertiary alicyclic amines) is 1. The van der Waals surface area contributed by atoms with Crippen LogP contribution in [0.4, 0.5) is 0 Å². The zero-order chi connectivity index (χ0) is 18.0. The van der Waals surface area contributed by atoms with Crippen LogP contribution in [0.15, 0.2) is 28.9 Å². The third-order valence-corrected chi connectivity index (χ3v) is 5.01. The Morgan fingerprint density at radius 3 is 2.80 bits per heavy atom. The maximum atomic E-state index is 13.1. The molecule has 2 aromatic rings. The Labute approximate surface area is 147 Å². The van der Waals surface area contributed by atoms with Crippen molar-refractivity contribution >= 4 is 11.8 Å². The van der Waals surface area contributed by atoms with E-state index in [9.17, 15) is 9.59 Å². The molecule has 2 amide bonds. The van der Waals surface area contributed by atoms with Crippen LogP contribution >= 0.6 is 0 Å². The molecule has 1 N–H and O–H groups in total. The number of amides is 2. The van der Waals surface area contributed by atoms with Gasteiger partial charge in [0.2, 0.25) is 5.91 Å². The van der Waals surface area contributed by atoms with Gasteiger partial charge in [0, 0.05) is 25.0 Å². The number of nitrogens with zero attached hydrogens (tertiary/aromatic N) is 2. The smallest absolute Gasteiger partial charge is 0.256 e. The van der Waals surface area contributed by atoms with Crippen LogP contribution in [0, 0.1) is 13.8 Å². The fourth-order valence-corrected chi connectivity index (χ4v) is 3.59. The minimum absolute atomic E-state index is 0.0629. The van der Waals surface area contributed by atoms with E-state index in [-0.39, 0.29) is 17.9 Å². The predicted octanol–water partition coefficient (Wildman–Crippen LogP) is 2.49. The number of nitrogens with one attached hydrogen (secondary N) is 1. The van der Waals surface area contributed by atoms with Crippen LogP contribution in [0.5, 0.6) is 0 Å². The minimum Gasteiger partial charge on any atom is -0.467 e. The van der Waals surface area contributed by atoms with Crippen molar-refractivity contribution in [1.29, 1.82) is 0 Å². The van der Waals surface area contributed by atoms with Gasteiger partial charge in [-0.05, 0) is 51.3 Å². The molecular formula is C19H25N3O3. The Morgan fingerprint density at radius 2 is 2.12 bits per heavy atom. The van der Waals surface area contributed by atoms with Crippen LogP contribution in [0.3, 0.4) is 0 Å². The second kappa shape index (κ2) is 7.17. The first-order chi connectivity index (χ1) is 12.0. The molecule has 0 bridgehead atoms. The highest BCUT2D eigenvalue weighted by molar-refractivity contribution is 5.98. The van der Waals surface area contributed by atoms with Gasteiger partial charge in [0.05, 0.1) is 18.4 Å². The van der Waals surface area contributed by atoms with Gasteiger partial charge in [-0.25, -0.2) is 0 Å². The molecule has 6 nitrogen and oxygen atoms in total. The zero-order valence-electron chi connectivity index (χ0n) is 15.0. The Hall–Kier alpha value is -2.50. The maximum absolute atomic E-state index is 13.1. The van der Waals surface area contributed by atoms with E-state index < -0.39 is 0 Å². The van der Waals surface area contributed by atoms with Gasteiger partial charge in [0.1, 0.15) is 11.8 Å². The molecule has 2 aromatic heterocycles. The van der Waals surface area contributed by atoms with E-state index in [4.69, 9.17) is 4.42 Å². The second-order valence-corrected chi connectivity index (χ2v) is 6.57. The number of aryl methyl sites for hydroxylation is 1. The molecule has 3 heterocycles. The number of aromatic nitrogens is 1. The monoisotopic (exact) mass is 343 g/mol. The van der Waals surface area contributed by atoms with Gasteiger partial charge >= 0.3 is 0 Å². The first kappa shape index (κ1) is 17.3. The summed E-state index contributed by atoms with van der Waals surface area (Å²) < 4.78 is 7.50. The zero-order valence-corrected chi connectivity index (χ0v) is 15.0. The Bertz CT molecular complexity index is 761. The van der Waals surface area contributed by atoms with E-state index in [0.717, 1.165) is 36.4 Å². The fraction of sp³-hybridized carbons (Fsp3) is 0.474. The van der Waals surface area contributed by atoms with E-state index in [0.29, 0.717) is 18.7 Å². The highest BCUT2D eigenvalue weighted by Crippen LogP contribution is 2.24. The van der Waals surface area contributed by atoms with Crippen LogP contribution in [0.25, 0.3) is 0 Å². The van der Waals surface area contributed by atoms with Crippen molar-refractivity contribution in [2.75, 3.05) is 13.6 Å². The average Bonchev–Trinajstić information content (AvgIpc) is 3.24. The fourth-order valence-electron chi connectivity index (χ4n) is 3.59. The summed E-state index contributed by atoms with van der Waals surface area (Å²) in [5, 5.41) is 2.68. The van der Waals surface area contributed by atoms with Gasteiger partial charge in [-0.1, -0.05) is 0 Å². The van der Waals surface area contributed by atoms with E-state index in [2.05, 4.69) is 9.88 Å². The van der Waals surface area contributed by atoms with E-state index in [1.807, 2.05) is 32.0 Å². The molecule has 0 radical (unpaired) electrons. The highest BCUT2D eigenvalue weighted by Gasteiger charge is 2.33. The number of likely N-dealkylation sites (N-methyl/N-ethyl adjacent to an activating group) is 1. The van der Waals surface area contributed by atoms with Gasteiger partial charge < -0.3 is 19.2 Å². The quantitative estimate of drug-likeness (QED) is 0.927. The van der Waals surface area contributed by atoms with E-state index >= 15 is 0 Å². The molecule has 25 heavy (non-hydrogen) atoms. The Morgan fingerprint density at radius 1 is 1.32 bits per heavy atom. The molecule has 0 unspecified atom stereocenters. The van der Waals surface area contributed by atoms with Gasteiger partial charge in [-0.2, -0.15) is 0 Å². The summed E-state index contributed by atoms with van der Waals surface area (Å²) in [5.74, 6) is 0.701. The van der Waals surface area contributed by atoms with Gasteiger partial charge in [-0.15, -0.1) is 0 Å². The van der Waals surface area contributed by atoms with E-state index in [1.54, 1.807) is 18.2 Å². The van der Waals surface area contributed by atoms with Crippen molar-refractivity contribution in [2.45, 2.75) is 45.7 Å². The maximum Gasteiger partial charge on any atom is 0.256 e. The van der Waals surface area contributed by atoms with Crippen LogP contribution in [-0.2, 0) is 11.3 Å². The lowest BCUT2D eigenvalue weighted by Crippen LogP contribution is -2.51. The number of hydrogen-bond acceptors (Lipinski definition) is 3. The lowest BCUT2D eigenvalue weighted by atomic mass is 10.00. The van der Waals surface area contributed by atoms with Gasteiger partial charge in [0.25, 0.3) is 5.91 Å². The number of carbonyl (C=O) groups excluding carboxylic acids is 2. The number of carbonyl (C=O) groups is 2. The van der Waals surface area contributed by atoms with Gasteiger partial charge in [-0.3, -0.25) is 9.59 Å². The van der Waals surface area contributed by atoms with Crippen molar-refractivity contribution < 1.29 is 14.0 Å². The first-order valence-corrected chi connectivity index (χ1v) is 8.74. The van der Waals surface area contributed by atoms with Crippen molar-refractivity contribution in [3.05, 3.63) is 47.2 Å². The molecule has 6 heteroatoms. The molecule has 1 saturated heterocycles. The minimum atomic E-state index is -0.376. The van der Waals surface area contributed by atoms with Crippen LogP contribution in [0.2, 0.25) is 0 Å². The molecule has 0 saturated carbocycles. The molecule has 1 aliphatic rings. The molecule has 1 fully saturated rings. The summed E-state index contributed by atoms with van der Waals surface area (Å²) >= 11 is 0. The topological polar surface area (TPSA) is 67.5 Å². The molecule has 0 aliphatic carbocycles. The molecule has 0 spiro atoms. The summed E-state index contributed by atoms with van der Waals surface area (Å²) in [7, 11) is 1.62. The van der Waals surface area contributed by atoms with Crippen LogP contribution in [0.1, 0.15) is 46.8 Å². The highest BCUT2D eigenvalue weighted by atomic mass is 16.3. The van der Waals surface area contributed by atoms with Crippen molar-refractivity contribution in [3.63, 3.8) is 0 Å². The predicted molar refractivity (Wildman–Crippen MR) is 94.5 cm³/mol. The standard InChI is InChI=1S/C19H25N3O3/c1-13-11-16(14(2)22(13)12-15-7-6-10-25-15)19(24)21-9-5-4-8-17(21)18(23)20-3/h6-7,10-11,17H,4-5,8-9,12H2,1-3H3,(H,20,23)/t17-/m0/s1. The van der Waals surface area contributed by atoms with Crippen molar-refractivity contribution in [1.82, 2.24) is 14.8 Å². The third-order valence-electron chi connectivity index (χ3n) is 5.01. The third kappa shape index (κ3) is 3.34. The lowest BCUT2D eigenvalue weighted by Gasteiger charge is -2.34. The molecule has 0 aromatic carbocycles. The summed E-state index contributed by atoms with van der Waals surface area (Å²) in [6, 6.07) is 5.32. The SMILES string of the molecule is CNC(=O)[C@@H]1CCCCN1C(=O)c1cc(C)n(Cc2ccco2)c1C. The van der Waals surface area contributed by atoms with E-state index in [1.165, 1.54) is 0 Å². The normalized spacial score (nSPS) is 17.6. The van der Waals surface area contributed by atoms with Gasteiger partial charge in [0.15, 0.2) is 0 Å². The first-order valence-electron chi connectivity index (χ1n) is 8.74. The van der Waals surface area contributed by atoms with Crippen LogP contribution in [-0.4, -0.2) is 40.9 Å². The molecular weight excluding hydrogens is 318 g/mol.